The Labute approximate surface area is 115 Å². The van der Waals surface area contributed by atoms with Gasteiger partial charge in [-0.3, -0.25) is 4.79 Å². The average molecular weight is 317 g/mol. The number of hydrogen-bond donors (Lipinski definition) is 1. The van der Waals surface area contributed by atoms with Crippen LogP contribution in [0.15, 0.2) is 22.7 Å². The number of halogens is 2. The molecule has 1 heterocycles. The van der Waals surface area contributed by atoms with Crippen LogP contribution in [0, 0.1) is 5.92 Å². The van der Waals surface area contributed by atoms with E-state index >= 15 is 0 Å². The zero-order chi connectivity index (χ0) is 12.3. The maximum Gasteiger partial charge on any atom is 0.141 e. The predicted molar refractivity (Wildman–Crippen MR) is 73.5 cm³/mol. The molecular formula is C13H15BrClNO. The van der Waals surface area contributed by atoms with Crippen LogP contribution >= 0.6 is 27.5 Å². The number of piperidine rings is 1. The van der Waals surface area contributed by atoms with E-state index in [4.69, 9.17) is 11.6 Å². The second-order valence-corrected chi connectivity index (χ2v) is 5.74. The molecule has 0 spiro atoms. The average Bonchev–Trinajstić information content (AvgIpc) is 2.34. The van der Waals surface area contributed by atoms with Crippen LogP contribution in [0.1, 0.15) is 18.4 Å². The number of carbonyl (C=O) groups is 1. The molecular weight excluding hydrogens is 302 g/mol. The first-order valence-electron chi connectivity index (χ1n) is 5.84. The molecule has 0 amide bonds. The minimum atomic E-state index is 0.156. The van der Waals surface area contributed by atoms with Crippen molar-refractivity contribution in [3.05, 3.63) is 33.3 Å². The molecule has 1 aliphatic heterocycles. The first-order valence-corrected chi connectivity index (χ1v) is 7.01. The lowest BCUT2D eigenvalue weighted by molar-refractivity contribution is -0.122. The molecule has 4 heteroatoms. The van der Waals surface area contributed by atoms with Gasteiger partial charge in [0.25, 0.3) is 0 Å². The molecule has 2 rings (SSSR count). The Morgan fingerprint density at radius 3 is 3.00 bits per heavy atom. The lowest BCUT2D eigenvalue weighted by atomic mass is 9.91. The summed E-state index contributed by atoms with van der Waals surface area (Å²) in [6.07, 6.45) is 2.53. The van der Waals surface area contributed by atoms with Gasteiger partial charge in [-0.05, 0) is 37.1 Å². The third-order valence-corrected chi connectivity index (χ3v) is 3.98. The van der Waals surface area contributed by atoms with Crippen molar-refractivity contribution >= 4 is 33.3 Å². The highest BCUT2D eigenvalue weighted by Crippen LogP contribution is 2.23. The van der Waals surface area contributed by atoms with Gasteiger partial charge >= 0.3 is 0 Å². The number of nitrogens with one attached hydrogen (secondary N) is 1. The monoisotopic (exact) mass is 315 g/mol. The molecule has 2 nitrogen and oxygen atoms in total. The fraction of sp³-hybridized carbons (Fsp3) is 0.462. The highest BCUT2D eigenvalue weighted by Gasteiger charge is 2.21. The minimum absolute atomic E-state index is 0.156. The summed E-state index contributed by atoms with van der Waals surface area (Å²) in [4.78, 5) is 12.1. The van der Waals surface area contributed by atoms with Crippen LogP contribution in [0.3, 0.4) is 0 Å². The topological polar surface area (TPSA) is 29.1 Å². The van der Waals surface area contributed by atoms with Gasteiger partial charge in [0.15, 0.2) is 0 Å². The Morgan fingerprint density at radius 2 is 2.35 bits per heavy atom. The van der Waals surface area contributed by atoms with Crippen molar-refractivity contribution < 1.29 is 4.79 Å². The predicted octanol–water partition coefficient (Wildman–Crippen LogP) is 3.21. The maximum atomic E-state index is 12.1. The van der Waals surface area contributed by atoms with Gasteiger partial charge in [0, 0.05) is 28.4 Å². The standard InChI is InChI=1S/C13H15BrClNO/c14-11-4-3-9(12(15)7-11)6-13(17)10-2-1-5-16-8-10/h3-4,7,10,16H,1-2,5-6,8H2. The molecule has 17 heavy (non-hydrogen) atoms. The minimum Gasteiger partial charge on any atom is -0.316 e. The molecule has 0 aliphatic carbocycles. The van der Waals surface area contributed by atoms with Crippen LogP contribution in [-0.4, -0.2) is 18.9 Å². The van der Waals surface area contributed by atoms with E-state index < -0.39 is 0 Å². The van der Waals surface area contributed by atoms with E-state index in [9.17, 15) is 4.79 Å². The number of ketones is 1. The van der Waals surface area contributed by atoms with Crippen molar-refractivity contribution in [2.24, 2.45) is 5.92 Å². The molecule has 1 aromatic carbocycles. The molecule has 1 aliphatic rings. The summed E-state index contributed by atoms with van der Waals surface area (Å²) in [7, 11) is 0. The van der Waals surface area contributed by atoms with Crippen LogP contribution in [0.25, 0.3) is 0 Å². The van der Waals surface area contributed by atoms with Crippen molar-refractivity contribution in [1.29, 1.82) is 0 Å². The molecule has 1 atom stereocenters. The zero-order valence-electron chi connectivity index (χ0n) is 9.51. The van der Waals surface area contributed by atoms with E-state index in [1.54, 1.807) is 0 Å². The van der Waals surface area contributed by atoms with Gasteiger partial charge in [0.05, 0.1) is 0 Å². The second kappa shape index (κ2) is 5.98. The summed E-state index contributed by atoms with van der Waals surface area (Å²) in [5.74, 6) is 0.449. The lowest BCUT2D eigenvalue weighted by Crippen LogP contribution is -2.35. The first-order chi connectivity index (χ1) is 8.16. The normalized spacial score (nSPS) is 20.2. The van der Waals surface area contributed by atoms with Crippen molar-refractivity contribution in [2.45, 2.75) is 19.3 Å². The van der Waals surface area contributed by atoms with Crippen molar-refractivity contribution in [1.82, 2.24) is 5.32 Å². The first kappa shape index (κ1) is 13.1. The third kappa shape index (κ3) is 3.54. The lowest BCUT2D eigenvalue weighted by Gasteiger charge is -2.21. The van der Waals surface area contributed by atoms with Crippen molar-refractivity contribution in [3.8, 4) is 0 Å². The highest BCUT2D eigenvalue weighted by molar-refractivity contribution is 9.10. The zero-order valence-corrected chi connectivity index (χ0v) is 11.9. The molecule has 1 unspecified atom stereocenters. The Kier molecular flexibility index (Phi) is 4.60. The van der Waals surface area contributed by atoms with Gasteiger partial charge in [0.1, 0.15) is 5.78 Å². The summed E-state index contributed by atoms with van der Waals surface area (Å²) < 4.78 is 0.943. The quantitative estimate of drug-likeness (QED) is 0.928. The van der Waals surface area contributed by atoms with E-state index in [0.29, 0.717) is 17.2 Å². The van der Waals surface area contributed by atoms with Crippen LogP contribution in [-0.2, 0) is 11.2 Å². The number of hydrogen-bond acceptors (Lipinski definition) is 2. The van der Waals surface area contributed by atoms with Crippen molar-refractivity contribution in [3.63, 3.8) is 0 Å². The number of rotatable bonds is 3. The van der Waals surface area contributed by atoms with E-state index in [2.05, 4.69) is 21.2 Å². The smallest absolute Gasteiger partial charge is 0.141 e. The second-order valence-electron chi connectivity index (χ2n) is 4.42. The van der Waals surface area contributed by atoms with Gasteiger partial charge in [-0.15, -0.1) is 0 Å². The van der Waals surface area contributed by atoms with Gasteiger partial charge < -0.3 is 5.32 Å². The Balaban J connectivity index is 2.02. The third-order valence-electron chi connectivity index (χ3n) is 3.13. The molecule has 0 radical (unpaired) electrons. The summed E-state index contributed by atoms with van der Waals surface area (Å²) >= 11 is 9.47. The van der Waals surface area contributed by atoms with Gasteiger partial charge in [0.2, 0.25) is 0 Å². The molecule has 1 saturated heterocycles. The molecule has 0 bridgehead atoms. The summed E-state index contributed by atoms with van der Waals surface area (Å²) in [5.41, 5.74) is 0.922. The molecule has 0 aromatic heterocycles. The Bertz CT molecular complexity index is 416. The van der Waals surface area contributed by atoms with E-state index in [-0.39, 0.29) is 5.92 Å². The van der Waals surface area contributed by atoms with E-state index in [0.717, 1.165) is 36.0 Å². The number of Topliss-reactive ketones (excluding diaryl/α,β-unsaturated/α-hetero) is 1. The van der Waals surface area contributed by atoms with Gasteiger partial charge in [-0.1, -0.05) is 33.6 Å². The summed E-state index contributed by atoms with van der Waals surface area (Å²) in [6, 6.07) is 5.68. The number of carbonyl (C=O) groups excluding carboxylic acids is 1. The maximum absolute atomic E-state index is 12.1. The fourth-order valence-corrected chi connectivity index (χ4v) is 2.86. The Morgan fingerprint density at radius 1 is 1.53 bits per heavy atom. The van der Waals surface area contributed by atoms with Crippen LogP contribution in [0.4, 0.5) is 0 Å². The molecule has 1 N–H and O–H groups in total. The molecule has 1 aromatic rings. The highest BCUT2D eigenvalue weighted by atomic mass is 79.9. The molecule has 0 saturated carbocycles. The van der Waals surface area contributed by atoms with Crippen LogP contribution in [0.5, 0.6) is 0 Å². The van der Waals surface area contributed by atoms with Crippen molar-refractivity contribution in [2.75, 3.05) is 13.1 Å². The van der Waals surface area contributed by atoms with Crippen LogP contribution < -0.4 is 5.32 Å². The molecule has 1 fully saturated rings. The number of benzene rings is 1. The van der Waals surface area contributed by atoms with Gasteiger partial charge in [-0.25, -0.2) is 0 Å². The Hall–Kier alpha value is -0.380. The van der Waals surface area contributed by atoms with Crippen LogP contribution in [0.2, 0.25) is 5.02 Å². The fourth-order valence-electron chi connectivity index (χ4n) is 2.12. The largest absolute Gasteiger partial charge is 0.316 e. The summed E-state index contributed by atoms with van der Waals surface area (Å²) in [6.45, 7) is 1.84. The van der Waals surface area contributed by atoms with Gasteiger partial charge in [-0.2, -0.15) is 0 Å². The molecule has 92 valence electrons. The van der Waals surface area contributed by atoms with E-state index in [1.807, 2.05) is 18.2 Å². The summed E-state index contributed by atoms with van der Waals surface area (Å²) in [5, 5.41) is 3.93. The van der Waals surface area contributed by atoms with E-state index in [1.165, 1.54) is 0 Å². The SMILES string of the molecule is O=C(Cc1ccc(Br)cc1Cl)C1CCCNC1.